The summed E-state index contributed by atoms with van der Waals surface area (Å²) in [6.07, 6.45) is 3.61. The molecule has 4 aliphatic rings. The van der Waals surface area contributed by atoms with E-state index in [2.05, 4.69) is 14.4 Å². The van der Waals surface area contributed by atoms with E-state index in [-0.39, 0.29) is 75.3 Å². The fourth-order valence-corrected chi connectivity index (χ4v) is 9.56. The number of anilines is 1. The number of benzene rings is 1. The molecule has 1 amide bonds. The van der Waals surface area contributed by atoms with Crippen LogP contribution in [-0.2, 0) is 37.9 Å². The molecule has 2 aromatic rings. The molecule has 2 bridgehead atoms. The van der Waals surface area contributed by atoms with Gasteiger partial charge in [-0.25, -0.2) is 17.5 Å². The summed E-state index contributed by atoms with van der Waals surface area (Å²) < 4.78 is 75.0. The van der Waals surface area contributed by atoms with Crippen LogP contribution in [0.25, 0.3) is 0 Å². The zero-order chi connectivity index (χ0) is 28.6. The molecule has 2 unspecified atom stereocenters. The van der Waals surface area contributed by atoms with Gasteiger partial charge in [0.05, 0.1) is 13.4 Å². The van der Waals surface area contributed by atoms with E-state index >= 15 is 0 Å². The molecular weight excluding hydrogens is 583 g/mol. The molecule has 2 aliphatic carbocycles. The molecule has 3 N–H and O–H groups in total. The number of carbonyl (C=O) groups is 1. The summed E-state index contributed by atoms with van der Waals surface area (Å²) in [6, 6.07) is 4.07. The van der Waals surface area contributed by atoms with Gasteiger partial charge < -0.3 is 20.1 Å². The van der Waals surface area contributed by atoms with Crippen molar-refractivity contribution in [2.45, 2.75) is 43.3 Å². The van der Waals surface area contributed by atoms with E-state index < -0.39 is 31.8 Å². The molecule has 3 heterocycles. The van der Waals surface area contributed by atoms with E-state index in [1.165, 1.54) is 24.6 Å². The Labute approximate surface area is 234 Å². The normalized spacial score (nSPS) is 26.8. The summed E-state index contributed by atoms with van der Waals surface area (Å²) in [6.45, 7) is -0.132. The highest BCUT2D eigenvalue weighted by atomic mass is 32.2. The lowest BCUT2D eigenvalue weighted by atomic mass is 9.77. The summed E-state index contributed by atoms with van der Waals surface area (Å²) in [5.74, 6) is -1.57. The molecule has 2 fully saturated rings. The van der Waals surface area contributed by atoms with Crippen LogP contribution >= 0.6 is 11.3 Å². The first-order chi connectivity index (χ1) is 18.9. The van der Waals surface area contributed by atoms with Gasteiger partial charge in [-0.05, 0) is 54.2 Å². The Morgan fingerprint density at radius 2 is 2.05 bits per heavy atom. The van der Waals surface area contributed by atoms with Gasteiger partial charge in [0.2, 0.25) is 10.0 Å². The number of amides is 1. The van der Waals surface area contributed by atoms with Gasteiger partial charge in [-0.3, -0.25) is 4.79 Å². The monoisotopic (exact) mass is 610 g/mol. The average molecular weight is 611 g/mol. The number of halogens is 1. The van der Waals surface area contributed by atoms with E-state index in [4.69, 9.17) is 4.74 Å². The van der Waals surface area contributed by atoms with Gasteiger partial charge >= 0.3 is 0 Å². The number of fused-ring (bicyclic) bond motifs is 6. The summed E-state index contributed by atoms with van der Waals surface area (Å²) >= 11 is 1.03. The van der Waals surface area contributed by atoms with Crippen LogP contribution in [0.3, 0.4) is 0 Å². The lowest BCUT2D eigenvalue weighted by molar-refractivity contribution is -0.134. The summed E-state index contributed by atoms with van der Waals surface area (Å²) in [7, 11) is -6.56. The van der Waals surface area contributed by atoms with Crippen molar-refractivity contribution in [3.63, 3.8) is 0 Å². The van der Waals surface area contributed by atoms with Gasteiger partial charge in [0, 0.05) is 30.6 Å². The first-order valence-electron chi connectivity index (χ1n) is 12.6. The highest BCUT2D eigenvalue weighted by Gasteiger charge is 2.57. The van der Waals surface area contributed by atoms with Crippen LogP contribution < -0.4 is 14.8 Å². The van der Waals surface area contributed by atoms with Gasteiger partial charge in [-0.1, -0.05) is 6.07 Å². The fraction of sp³-hybridized carbons (Fsp3) is 0.440. The highest BCUT2D eigenvalue weighted by Crippen LogP contribution is 2.55. The molecule has 4 atom stereocenters. The predicted octanol–water partition coefficient (Wildman–Crippen LogP) is 2.73. The first-order valence-corrected chi connectivity index (χ1v) is 16.8. The molecule has 2 aliphatic heterocycles. The molecule has 15 heteroatoms. The maximum atomic E-state index is 14.1. The number of hydrogen-bond acceptors (Lipinski definition) is 9. The molecule has 0 saturated heterocycles. The third-order valence-electron chi connectivity index (χ3n) is 8.13. The quantitative estimate of drug-likeness (QED) is 0.433. The van der Waals surface area contributed by atoms with Crippen molar-refractivity contribution in [3.8, 4) is 5.75 Å². The summed E-state index contributed by atoms with van der Waals surface area (Å²) in [5.41, 5.74) is 0.638. The zero-order valence-corrected chi connectivity index (χ0v) is 24.0. The van der Waals surface area contributed by atoms with Crippen LogP contribution in [0.1, 0.15) is 30.4 Å². The van der Waals surface area contributed by atoms with Gasteiger partial charge in [0.1, 0.15) is 21.2 Å². The number of aliphatic hydroxyl groups is 1. The van der Waals surface area contributed by atoms with Gasteiger partial charge in [-0.15, -0.1) is 15.7 Å². The smallest absolute Gasteiger partial charge is 0.287 e. The predicted molar refractivity (Wildman–Crippen MR) is 146 cm³/mol. The maximum absolute atomic E-state index is 14.1. The first kappa shape index (κ1) is 27.2. The number of nitrogens with one attached hydrogen (secondary N) is 2. The third-order valence-corrected chi connectivity index (χ3v) is 11.3. The van der Waals surface area contributed by atoms with Crippen LogP contribution in [0.4, 0.5) is 9.39 Å². The zero-order valence-electron chi connectivity index (χ0n) is 21.5. The van der Waals surface area contributed by atoms with E-state index in [1.54, 1.807) is 11.0 Å². The van der Waals surface area contributed by atoms with E-state index in [0.717, 1.165) is 36.9 Å². The molecule has 2 saturated carbocycles. The average Bonchev–Trinajstić information content (AvgIpc) is 3.61. The van der Waals surface area contributed by atoms with Crippen LogP contribution in [0.2, 0.25) is 0 Å². The molecule has 1 aromatic carbocycles. The highest BCUT2D eigenvalue weighted by molar-refractivity contribution is 7.91. The largest absolute Gasteiger partial charge is 0.511 e. The molecular formula is C25H27FN4O7S3. The molecule has 1 aromatic heterocycles. The Morgan fingerprint density at radius 1 is 1.30 bits per heavy atom. The number of carbonyl (C=O) groups excluding carboxylic acids is 1. The van der Waals surface area contributed by atoms with E-state index in [1.807, 2.05) is 0 Å². The number of hydrogen-bond donors (Lipinski definition) is 3. The second-order valence-corrected chi connectivity index (χ2v) is 14.8. The molecule has 0 radical (unpaired) electrons. The number of methoxy groups -OCH3 is 1. The number of nitrogens with zero attached hydrogens (tertiary/aromatic N) is 2. The van der Waals surface area contributed by atoms with Crippen molar-refractivity contribution < 1.29 is 35.9 Å². The Kier molecular flexibility index (Phi) is 6.48. The maximum Gasteiger partial charge on any atom is 0.287 e. The Balaban J connectivity index is 1.39. The number of sulfonamides is 2. The fourth-order valence-electron chi connectivity index (χ4n) is 6.54. The minimum atomic E-state index is -4.34. The van der Waals surface area contributed by atoms with Gasteiger partial charge in [-0.2, -0.15) is 8.42 Å². The lowest BCUT2D eigenvalue weighted by Gasteiger charge is -2.44. The number of amidine groups is 1. The third kappa shape index (κ3) is 4.48. The van der Waals surface area contributed by atoms with Crippen LogP contribution in [-0.4, -0.2) is 58.0 Å². The van der Waals surface area contributed by atoms with Crippen molar-refractivity contribution in [1.82, 2.24) is 9.62 Å². The van der Waals surface area contributed by atoms with E-state index in [9.17, 15) is 31.1 Å². The number of rotatable bonds is 7. The topological polar surface area (TPSA) is 154 Å². The standard InChI is InChI=1S/C25H27FN4O7S3/c1-37-17-7-12(3-6-16(17)26)10-30-20-14-5-4-13(8-14)18(20)21(31)19(25(30)32)23-28-24-22(40(35,36)29-23)15(11-38-24)9-27-39(2,33)34/h3,6-7,11,13-14,18,20,27,31H,4-5,8-10H2,1-2H3,(H,28,29)/t13-,14+,18?,20?/m0/s1. The molecule has 214 valence electrons. The molecule has 0 spiro atoms. The molecule has 6 rings (SSSR count). The number of thiophene rings is 1. The van der Waals surface area contributed by atoms with E-state index in [0.29, 0.717) is 5.56 Å². The molecule has 40 heavy (non-hydrogen) atoms. The van der Waals surface area contributed by atoms with Gasteiger partial charge in [0.25, 0.3) is 15.9 Å². The van der Waals surface area contributed by atoms with Crippen LogP contribution in [0.5, 0.6) is 5.75 Å². The van der Waals surface area contributed by atoms with Crippen molar-refractivity contribution in [1.29, 1.82) is 0 Å². The Bertz CT molecular complexity index is 1700. The Morgan fingerprint density at radius 3 is 2.77 bits per heavy atom. The van der Waals surface area contributed by atoms with Gasteiger partial charge in [0.15, 0.2) is 17.4 Å². The number of ether oxygens (including phenoxy) is 1. The molecule has 11 nitrogen and oxygen atoms in total. The van der Waals surface area contributed by atoms with Crippen molar-refractivity contribution in [2.75, 3.05) is 18.7 Å². The van der Waals surface area contributed by atoms with Crippen molar-refractivity contribution in [3.05, 3.63) is 51.9 Å². The second-order valence-electron chi connectivity index (χ2n) is 10.6. The minimum Gasteiger partial charge on any atom is -0.511 e. The lowest BCUT2D eigenvalue weighted by Crippen LogP contribution is -2.53. The summed E-state index contributed by atoms with van der Waals surface area (Å²) in [5, 5.41) is 16.0. The van der Waals surface area contributed by atoms with Crippen LogP contribution in [0.15, 0.2) is 44.2 Å². The van der Waals surface area contributed by atoms with Crippen molar-refractivity contribution in [2.24, 2.45) is 22.2 Å². The Hall–Kier alpha value is -3.01. The second kappa shape index (κ2) is 9.53. The van der Waals surface area contributed by atoms with Crippen molar-refractivity contribution >= 4 is 48.1 Å². The van der Waals surface area contributed by atoms with Crippen LogP contribution in [0, 0.1) is 23.6 Å². The minimum absolute atomic E-state index is 0.0425. The SMILES string of the molecule is COc1cc(CN2C(=O)C(C3=NS(=O)(=O)c4c(CNS(C)(=O)=O)csc4N3)=C(O)C3C2[C@@H]2CC[C@H]3C2)ccc1F. The summed E-state index contributed by atoms with van der Waals surface area (Å²) in [4.78, 5) is 15.5. The number of aliphatic hydroxyl groups excluding tert-OH is 1.